The Morgan fingerprint density at radius 3 is 2.57 bits per heavy atom. The second kappa shape index (κ2) is 10.4. The first-order chi connectivity index (χ1) is 17.9. The van der Waals surface area contributed by atoms with Crippen LogP contribution in [0.2, 0.25) is 0 Å². The molecule has 0 spiro atoms. The highest BCUT2D eigenvalue weighted by molar-refractivity contribution is 5.83. The third-order valence-corrected chi connectivity index (χ3v) is 7.54. The predicted molar refractivity (Wildman–Crippen MR) is 145 cm³/mol. The van der Waals surface area contributed by atoms with Gasteiger partial charge in [0.1, 0.15) is 6.04 Å². The van der Waals surface area contributed by atoms with Gasteiger partial charge in [-0.15, -0.1) is 5.10 Å². The van der Waals surface area contributed by atoms with E-state index in [-0.39, 0.29) is 11.6 Å². The number of aryl methyl sites for hydroxylation is 3. The van der Waals surface area contributed by atoms with Gasteiger partial charge < -0.3 is 14.6 Å². The molecule has 2 aromatic heterocycles. The number of H-pyrrole nitrogens is 1. The van der Waals surface area contributed by atoms with Crippen molar-refractivity contribution < 1.29 is 4.74 Å². The molecule has 4 aromatic rings. The molecule has 0 saturated carbocycles. The van der Waals surface area contributed by atoms with Gasteiger partial charge in [0, 0.05) is 55.4 Å². The second-order valence-electron chi connectivity index (χ2n) is 9.99. The maximum Gasteiger partial charge on any atom is 0.253 e. The Balaban J connectivity index is 1.54. The third-order valence-electron chi connectivity index (χ3n) is 7.54. The molecule has 0 unspecified atom stereocenters. The molecule has 37 heavy (non-hydrogen) atoms. The number of aromatic nitrogens is 5. The zero-order valence-electron chi connectivity index (χ0n) is 22.3. The molecule has 0 bridgehead atoms. The van der Waals surface area contributed by atoms with Gasteiger partial charge in [0.05, 0.1) is 13.2 Å². The summed E-state index contributed by atoms with van der Waals surface area (Å²) in [7, 11) is 1.66. The standard InChI is InChI=1S/C28H35N7O2/c1-18-15-20(3)22-17-23(28(36)29-24(22)16-18)26(27-30-31-32-35(27)13-14-37-5)34-11-9-33(10-12-34)25-8-6-7-19(2)21(25)4/h6-8,15-17,26H,9-14H2,1-5H3,(H,29,36)/t26-/m1/s1. The number of benzene rings is 2. The van der Waals surface area contributed by atoms with Crippen molar-refractivity contribution in [2.24, 2.45) is 0 Å². The average Bonchev–Trinajstić information content (AvgIpc) is 3.33. The van der Waals surface area contributed by atoms with Crippen molar-refractivity contribution in [3.63, 3.8) is 0 Å². The van der Waals surface area contributed by atoms with Crippen LogP contribution in [0.1, 0.15) is 39.7 Å². The number of nitrogens with one attached hydrogen (secondary N) is 1. The van der Waals surface area contributed by atoms with Crippen molar-refractivity contribution in [1.29, 1.82) is 0 Å². The van der Waals surface area contributed by atoms with Crippen LogP contribution in [-0.4, -0.2) is 70.0 Å². The minimum atomic E-state index is -0.374. The fraction of sp³-hybridized carbons (Fsp3) is 0.429. The van der Waals surface area contributed by atoms with Crippen molar-refractivity contribution in [1.82, 2.24) is 30.1 Å². The third kappa shape index (κ3) is 4.89. The Morgan fingerprint density at radius 1 is 1.03 bits per heavy atom. The molecule has 1 atom stereocenters. The minimum Gasteiger partial charge on any atom is -0.383 e. The topological polar surface area (TPSA) is 92.2 Å². The Morgan fingerprint density at radius 2 is 1.81 bits per heavy atom. The normalized spacial score (nSPS) is 15.4. The van der Waals surface area contributed by atoms with Gasteiger partial charge in [-0.1, -0.05) is 18.2 Å². The smallest absolute Gasteiger partial charge is 0.253 e. The Hall–Kier alpha value is -3.56. The van der Waals surface area contributed by atoms with E-state index in [0.29, 0.717) is 24.5 Å². The first-order valence-corrected chi connectivity index (χ1v) is 12.8. The van der Waals surface area contributed by atoms with Crippen molar-refractivity contribution in [3.05, 3.63) is 80.4 Å². The summed E-state index contributed by atoms with van der Waals surface area (Å²) in [5.74, 6) is 0.659. The van der Waals surface area contributed by atoms with E-state index in [2.05, 4.69) is 75.3 Å². The first kappa shape index (κ1) is 25.1. The van der Waals surface area contributed by atoms with Crippen LogP contribution in [-0.2, 0) is 11.3 Å². The van der Waals surface area contributed by atoms with Crippen molar-refractivity contribution >= 4 is 16.6 Å². The number of ether oxygens (including phenoxy) is 1. The van der Waals surface area contributed by atoms with E-state index in [1.807, 2.05) is 19.1 Å². The summed E-state index contributed by atoms with van der Waals surface area (Å²) in [5, 5.41) is 13.7. The number of tetrazole rings is 1. The molecule has 1 N–H and O–H groups in total. The number of anilines is 1. The van der Waals surface area contributed by atoms with Crippen LogP contribution < -0.4 is 10.5 Å². The summed E-state index contributed by atoms with van der Waals surface area (Å²) in [6, 6.07) is 12.3. The molecule has 3 heterocycles. The maximum atomic E-state index is 13.5. The molecule has 0 radical (unpaired) electrons. The molecule has 9 heteroatoms. The fourth-order valence-electron chi connectivity index (χ4n) is 5.44. The lowest BCUT2D eigenvalue weighted by atomic mass is 9.99. The highest BCUT2D eigenvalue weighted by Crippen LogP contribution is 2.31. The Bertz CT molecular complexity index is 1470. The van der Waals surface area contributed by atoms with E-state index in [1.54, 1.807) is 11.8 Å². The van der Waals surface area contributed by atoms with Crippen molar-refractivity contribution in [3.8, 4) is 0 Å². The summed E-state index contributed by atoms with van der Waals surface area (Å²) >= 11 is 0. The number of nitrogens with zero attached hydrogens (tertiary/aromatic N) is 6. The lowest BCUT2D eigenvalue weighted by Crippen LogP contribution is -2.49. The molecular formula is C28H35N7O2. The number of pyridine rings is 1. The second-order valence-corrected chi connectivity index (χ2v) is 9.99. The lowest BCUT2D eigenvalue weighted by Gasteiger charge is -2.40. The summed E-state index contributed by atoms with van der Waals surface area (Å²) in [4.78, 5) is 21.4. The molecule has 1 aliphatic rings. The van der Waals surface area contributed by atoms with Crippen LogP contribution in [0.5, 0.6) is 0 Å². The summed E-state index contributed by atoms with van der Waals surface area (Å²) in [6.07, 6.45) is 0. The number of fused-ring (bicyclic) bond motifs is 1. The fourth-order valence-corrected chi connectivity index (χ4v) is 5.44. The summed E-state index contributed by atoms with van der Waals surface area (Å²) < 4.78 is 7.05. The van der Waals surface area contributed by atoms with Gasteiger partial charge in [0.15, 0.2) is 5.82 Å². The van der Waals surface area contributed by atoms with Crippen molar-refractivity contribution in [2.75, 3.05) is 44.8 Å². The van der Waals surface area contributed by atoms with Crippen LogP contribution in [0.15, 0.2) is 41.2 Å². The van der Waals surface area contributed by atoms with Crippen LogP contribution in [0, 0.1) is 27.7 Å². The van der Waals surface area contributed by atoms with Gasteiger partial charge >= 0.3 is 0 Å². The highest BCUT2D eigenvalue weighted by Gasteiger charge is 2.33. The van der Waals surface area contributed by atoms with E-state index in [4.69, 9.17) is 4.74 Å². The van der Waals surface area contributed by atoms with E-state index >= 15 is 0 Å². The molecular weight excluding hydrogens is 466 g/mol. The number of hydrogen-bond donors (Lipinski definition) is 1. The number of methoxy groups -OCH3 is 1. The van der Waals surface area contributed by atoms with E-state index in [0.717, 1.165) is 48.2 Å². The number of rotatable bonds is 7. The van der Waals surface area contributed by atoms with Crippen LogP contribution in [0.25, 0.3) is 10.9 Å². The van der Waals surface area contributed by atoms with Crippen LogP contribution in [0.4, 0.5) is 5.69 Å². The molecule has 2 aromatic carbocycles. The van der Waals surface area contributed by atoms with Crippen LogP contribution in [0.3, 0.4) is 0 Å². The first-order valence-electron chi connectivity index (χ1n) is 12.8. The summed E-state index contributed by atoms with van der Waals surface area (Å²) in [5.41, 5.74) is 7.53. The van der Waals surface area contributed by atoms with Crippen molar-refractivity contribution in [2.45, 2.75) is 40.3 Å². The van der Waals surface area contributed by atoms with E-state index in [9.17, 15) is 4.79 Å². The number of aromatic amines is 1. The summed E-state index contributed by atoms with van der Waals surface area (Å²) in [6.45, 7) is 12.7. The van der Waals surface area contributed by atoms with E-state index < -0.39 is 0 Å². The molecule has 194 valence electrons. The Kier molecular flexibility index (Phi) is 7.08. The molecule has 1 aliphatic heterocycles. The number of hydrogen-bond acceptors (Lipinski definition) is 7. The zero-order chi connectivity index (χ0) is 26.1. The molecule has 5 rings (SSSR count). The van der Waals surface area contributed by atoms with Gasteiger partial charge in [-0.05, 0) is 78.6 Å². The SMILES string of the molecule is COCCn1nnnc1[C@@H](c1cc2c(C)cc(C)cc2[nH]c1=O)N1CCN(c2cccc(C)c2C)CC1. The molecule has 0 amide bonds. The molecule has 0 aliphatic carbocycles. The van der Waals surface area contributed by atoms with Gasteiger partial charge in [0.25, 0.3) is 5.56 Å². The van der Waals surface area contributed by atoms with Gasteiger partial charge in [-0.25, -0.2) is 4.68 Å². The predicted octanol–water partition coefficient (Wildman–Crippen LogP) is 3.31. The lowest BCUT2D eigenvalue weighted by molar-refractivity contribution is 0.171. The molecule has 1 saturated heterocycles. The molecule has 9 nitrogen and oxygen atoms in total. The monoisotopic (exact) mass is 501 g/mol. The van der Waals surface area contributed by atoms with Gasteiger partial charge in [-0.2, -0.15) is 0 Å². The zero-order valence-corrected chi connectivity index (χ0v) is 22.3. The van der Waals surface area contributed by atoms with Gasteiger partial charge in [-0.3, -0.25) is 9.69 Å². The van der Waals surface area contributed by atoms with E-state index in [1.165, 1.54) is 16.8 Å². The maximum absolute atomic E-state index is 13.5. The number of piperazine rings is 1. The minimum absolute atomic E-state index is 0.110. The van der Waals surface area contributed by atoms with Crippen LogP contribution >= 0.6 is 0 Å². The quantitative estimate of drug-likeness (QED) is 0.415. The van der Waals surface area contributed by atoms with Gasteiger partial charge in [0.2, 0.25) is 0 Å². The average molecular weight is 502 g/mol. The largest absolute Gasteiger partial charge is 0.383 e. The highest BCUT2D eigenvalue weighted by atomic mass is 16.5. The Labute approximate surface area is 217 Å². The molecule has 1 fully saturated rings.